The van der Waals surface area contributed by atoms with Crippen molar-refractivity contribution >= 4 is 7.75 Å². The molecule has 0 saturated heterocycles. The number of unbranched alkanes of at least 4 members (excludes halogenated alkanes) is 2. The monoisotopic (exact) mass is 182 g/mol. The molecule has 0 amide bonds. The number of hydrogen-bond acceptors (Lipinski definition) is 3. The summed E-state index contributed by atoms with van der Waals surface area (Å²) in [6.07, 6.45) is 2.53. The highest BCUT2D eigenvalue weighted by Gasteiger charge is 2.09. The highest BCUT2D eigenvalue weighted by atomic mass is 31.2. The summed E-state index contributed by atoms with van der Waals surface area (Å²) in [6, 6.07) is 0. The van der Waals surface area contributed by atoms with E-state index in [1.165, 1.54) is 0 Å². The third-order valence-corrected chi connectivity index (χ3v) is 1.68. The minimum atomic E-state index is -3.75. The molecule has 0 heterocycles. The molecule has 0 bridgehead atoms. The average molecular weight is 182 g/mol. The van der Waals surface area contributed by atoms with Crippen LogP contribution in [0.3, 0.4) is 0 Å². The molecule has 0 radical (unpaired) electrons. The first-order valence-corrected chi connectivity index (χ1v) is 5.17. The highest BCUT2D eigenvalue weighted by Crippen LogP contribution is 2.30. The molecule has 68 valence electrons. The van der Waals surface area contributed by atoms with E-state index in [-0.39, 0.29) is 6.61 Å². The Morgan fingerprint density at radius 3 is 2.45 bits per heavy atom. The molecule has 0 aromatic heterocycles. The molecule has 11 heavy (non-hydrogen) atoms. The molecule has 0 rings (SSSR count). The minimum Gasteiger partial charge on any atom is -0.330 e. The van der Waals surface area contributed by atoms with E-state index in [4.69, 9.17) is 16.1 Å². The van der Waals surface area contributed by atoms with Crippen LogP contribution in [0.5, 0.6) is 0 Å². The van der Waals surface area contributed by atoms with Gasteiger partial charge in [-0.2, -0.15) is 0 Å². The van der Waals surface area contributed by atoms with Gasteiger partial charge in [-0.15, -0.1) is 0 Å². The smallest absolute Gasteiger partial charge is 0.330 e. The molecule has 0 aliphatic heterocycles. The van der Waals surface area contributed by atoms with Crippen molar-refractivity contribution < 1.29 is 14.0 Å². The van der Waals surface area contributed by atoms with E-state index in [9.17, 15) is 4.57 Å². The number of rotatable bonds is 6. The van der Waals surface area contributed by atoms with Gasteiger partial charge in [0, 0.05) is 0 Å². The Kier molecular flexibility index (Phi) is 5.72. The predicted molar refractivity (Wildman–Crippen MR) is 42.9 cm³/mol. The second-order valence-corrected chi connectivity index (χ2v) is 3.63. The van der Waals surface area contributed by atoms with Crippen molar-refractivity contribution in [1.82, 2.24) is 0 Å². The molecule has 5 N–H and O–H groups in total. The van der Waals surface area contributed by atoms with Gasteiger partial charge >= 0.3 is 7.75 Å². The van der Waals surface area contributed by atoms with Gasteiger partial charge in [-0.1, -0.05) is 0 Å². The van der Waals surface area contributed by atoms with E-state index in [0.717, 1.165) is 19.3 Å². The molecular weight excluding hydrogens is 167 g/mol. The van der Waals surface area contributed by atoms with E-state index >= 15 is 0 Å². The Morgan fingerprint density at radius 2 is 2.00 bits per heavy atom. The first kappa shape index (κ1) is 11.1. The second-order valence-electron chi connectivity index (χ2n) is 2.25. The topological polar surface area (TPSA) is 98.6 Å². The third-order valence-electron chi connectivity index (χ3n) is 1.12. The summed E-state index contributed by atoms with van der Waals surface area (Å²) < 4.78 is 14.8. The first-order chi connectivity index (χ1) is 5.06. The maximum atomic E-state index is 10.3. The summed E-state index contributed by atoms with van der Waals surface area (Å²) in [7, 11) is -3.75. The van der Waals surface area contributed by atoms with Crippen molar-refractivity contribution in [3.63, 3.8) is 0 Å². The summed E-state index contributed by atoms with van der Waals surface area (Å²) >= 11 is 0. The summed E-state index contributed by atoms with van der Waals surface area (Å²) in [5.41, 5.74) is 9.94. The van der Waals surface area contributed by atoms with E-state index < -0.39 is 7.75 Å². The summed E-state index contributed by atoms with van der Waals surface area (Å²) in [4.78, 5) is 8.46. The highest BCUT2D eigenvalue weighted by molar-refractivity contribution is 7.50. The van der Waals surface area contributed by atoms with Gasteiger partial charge in [-0.05, 0) is 25.8 Å². The molecule has 1 unspecified atom stereocenters. The molecule has 0 aromatic rings. The second kappa shape index (κ2) is 5.69. The Hall–Kier alpha value is 0.0700. The molecule has 5 nitrogen and oxygen atoms in total. The van der Waals surface area contributed by atoms with Gasteiger partial charge in [0.2, 0.25) is 0 Å². The van der Waals surface area contributed by atoms with Gasteiger partial charge in [-0.3, -0.25) is 4.52 Å². The zero-order valence-corrected chi connectivity index (χ0v) is 7.30. The summed E-state index contributed by atoms with van der Waals surface area (Å²) in [5, 5.41) is 0. The van der Waals surface area contributed by atoms with Crippen LogP contribution in [0.15, 0.2) is 0 Å². The number of hydrogen-bond donors (Lipinski definition) is 3. The van der Waals surface area contributed by atoms with Crippen LogP contribution < -0.4 is 11.2 Å². The van der Waals surface area contributed by atoms with Crippen LogP contribution in [0, 0.1) is 0 Å². The van der Waals surface area contributed by atoms with Crippen LogP contribution >= 0.6 is 7.75 Å². The van der Waals surface area contributed by atoms with Crippen molar-refractivity contribution in [2.24, 2.45) is 11.2 Å². The average Bonchev–Trinajstić information content (AvgIpc) is 1.85. The molecule has 0 aromatic carbocycles. The minimum absolute atomic E-state index is 0.226. The zero-order valence-electron chi connectivity index (χ0n) is 6.40. The normalized spacial score (nSPS) is 16.3. The molecule has 1 atom stereocenters. The Labute approximate surface area is 66.3 Å². The standard InChI is InChI=1S/C5H15N2O3P/c6-4-2-1-3-5-10-11(7,8)9/h1-6H2,(H3,7,8,9). The lowest BCUT2D eigenvalue weighted by atomic mass is 10.2. The third kappa shape index (κ3) is 10.1. The van der Waals surface area contributed by atoms with Crippen molar-refractivity contribution in [2.75, 3.05) is 13.2 Å². The van der Waals surface area contributed by atoms with E-state index in [1.807, 2.05) is 0 Å². The lowest BCUT2D eigenvalue weighted by Gasteiger charge is -2.04. The van der Waals surface area contributed by atoms with Gasteiger partial charge in [0.25, 0.3) is 0 Å². The summed E-state index contributed by atoms with van der Waals surface area (Å²) in [5.74, 6) is 0. The van der Waals surface area contributed by atoms with Gasteiger partial charge in [0.1, 0.15) is 0 Å². The first-order valence-electron chi connectivity index (χ1n) is 3.52. The molecule has 0 aliphatic rings. The SMILES string of the molecule is NCCCCCOP(N)(=O)O. The van der Waals surface area contributed by atoms with Crippen LogP contribution in [-0.4, -0.2) is 18.0 Å². The fraction of sp³-hybridized carbons (Fsp3) is 1.00. The van der Waals surface area contributed by atoms with Crippen LogP contribution in [0.1, 0.15) is 19.3 Å². The van der Waals surface area contributed by atoms with Gasteiger partial charge < -0.3 is 10.6 Å². The fourth-order valence-corrected chi connectivity index (χ4v) is 1.01. The van der Waals surface area contributed by atoms with Gasteiger partial charge in [0.15, 0.2) is 0 Å². The summed E-state index contributed by atoms with van der Waals surface area (Å²) in [6.45, 7) is 0.865. The maximum absolute atomic E-state index is 10.3. The molecule has 0 fully saturated rings. The molecular formula is C5H15N2O3P. The maximum Gasteiger partial charge on any atom is 0.400 e. The zero-order chi connectivity index (χ0) is 8.74. The molecule has 0 spiro atoms. The van der Waals surface area contributed by atoms with Crippen molar-refractivity contribution in [1.29, 1.82) is 0 Å². The van der Waals surface area contributed by atoms with Crippen molar-refractivity contribution in [2.45, 2.75) is 19.3 Å². The van der Waals surface area contributed by atoms with Crippen LogP contribution in [-0.2, 0) is 9.09 Å². The van der Waals surface area contributed by atoms with Gasteiger partial charge in [-0.25, -0.2) is 10.1 Å². The quantitative estimate of drug-likeness (QED) is 0.402. The Morgan fingerprint density at radius 1 is 1.36 bits per heavy atom. The van der Waals surface area contributed by atoms with Crippen LogP contribution in [0.4, 0.5) is 0 Å². The Balaban J connectivity index is 3.09. The largest absolute Gasteiger partial charge is 0.400 e. The lowest BCUT2D eigenvalue weighted by molar-refractivity contribution is 0.254. The van der Waals surface area contributed by atoms with Crippen molar-refractivity contribution in [3.05, 3.63) is 0 Å². The number of nitrogens with two attached hydrogens (primary N) is 2. The van der Waals surface area contributed by atoms with Crippen LogP contribution in [0.25, 0.3) is 0 Å². The fourth-order valence-electron chi connectivity index (χ4n) is 0.619. The lowest BCUT2D eigenvalue weighted by Crippen LogP contribution is -2.02. The molecule has 0 saturated carbocycles. The van der Waals surface area contributed by atoms with Crippen LogP contribution in [0.2, 0.25) is 0 Å². The van der Waals surface area contributed by atoms with Crippen molar-refractivity contribution in [3.8, 4) is 0 Å². The van der Waals surface area contributed by atoms with Gasteiger partial charge in [0.05, 0.1) is 6.61 Å². The van der Waals surface area contributed by atoms with E-state index in [0.29, 0.717) is 6.54 Å². The molecule has 0 aliphatic carbocycles. The predicted octanol–water partition coefficient (Wildman–Crippen LogP) is 0.191. The van der Waals surface area contributed by atoms with E-state index in [2.05, 4.69) is 4.52 Å². The molecule has 6 heteroatoms. The van der Waals surface area contributed by atoms with E-state index in [1.54, 1.807) is 0 Å². The Bertz CT molecular complexity index is 136.